The molecule has 1 aliphatic rings. The SMILES string of the molecule is COONc1cc(C2=CCN(C(=O)OC(C)(C)C)CC2)ccc1N=C(N)c1cc(C)c2nc(C)cn2n1. The van der Waals surface area contributed by atoms with Crippen molar-refractivity contribution in [3.8, 4) is 0 Å². The minimum Gasteiger partial charge on any atom is -0.444 e. The van der Waals surface area contributed by atoms with Gasteiger partial charge in [-0.25, -0.2) is 29.7 Å². The van der Waals surface area contributed by atoms with Crippen LogP contribution in [0.2, 0.25) is 0 Å². The lowest BCUT2D eigenvalue weighted by Crippen LogP contribution is -2.39. The summed E-state index contributed by atoms with van der Waals surface area (Å²) in [5.41, 5.74) is 14.9. The molecule has 0 saturated heterocycles. The van der Waals surface area contributed by atoms with Crippen molar-refractivity contribution < 1.29 is 19.4 Å². The molecule has 11 nitrogen and oxygen atoms in total. The van der Waals surface area contributed by atoms with E-state index in [0.29, 0.717) is 36.6 Å². The maximum atomic E-state index is 12.4. The quantitative estimate of drug-likeness (QED) is 0.219. The Morgan fingerprint density at radius 3 is 2.68 bits per heavy atom. The third-order valence-corrected chi connectivity index (χ3v) is 5.70. The van der Waals surface area contributed by atoms with E-state index in [9.17, 15) is 4.79 Å². The fraction of sp³-hybridized carbons (Fsp3) is 0.385. The Morgan fingerprint density at radius 1 is 1.22 bits per heavy atom. The number of imidazole rings is 1. The van der Waals surface area contributed by atoms with E-state index in [0.717, 1.165) is 28.0 Å². The zero-order chi connectivity index (χ0) is 26.7. The van der Waals surface area contributed by atoms with Crippen LogP contribution in [0.5, 0.6) is 0 Å². The number of aryl methyl sites for hydroxylation is 2. The van der Waals surface area contributed by atoms with Gasteiger partial charge >= 0.3 is 6.09 Å². The number of carbonyl (C=O) groups is 1. The Kier molecular flexibility index (Phi) is 7.46. The zero-order valence-corrected chi connectivity index (χ0v) is 22.0. The molecule has 196 valence electrons. The molecule has 37 heavy (non-hydrogen) atoms. The van der Waals surface area contributed by atoms with Gasteiger partial charge < -0.3 is 15.4 Å². The summed E-state index contributed by atoms with van der Waals surface area (Å²) in [7, 11) is 1.40. The lowest BCUT2D eigenvalue weighted by molar-refractivity contribution is -0.248. The predicted octanol–water partition coefficient (Wildman–Crippen LogP) is 4.31. The first-order valence-corrected chi connectivity index (χ1v) is 12.0. The van der Waals surface area contributed by atoms with Crippen LogP contribution in [0.15, 0.2) is 41.5 Å². The largest absolute Gasteiger partial charge is 0.444 e. The number of rotatable bonds is 6. The lowest BCUT2D eigenvalue weighted by atomic mass is 9.98. The van der Waals surface area contributed by atoms with Gasteiger partial charge in [0.25, 0.3) is 0 Å². The first-order chi connectivity index (χ1) is 17.5. The number of amidine groups is 1. The highest BCUT2D eigenvalue weighted by molar-refractivity contribution is 5.98. The van der Waals surface area contributed by atoms with Crippen LogP contribution in [0, 0.1) is 13.8 Å². The van der Waals surface area contributed by atoms with Gasteiger partial charge in [0.1, 0.15) is 11.3 Å². The second-order valence-corrected chi connectivity index (χ2v) is 9.85. The molecule has 0 aliphatic carbocycles. The van der Waals surface area contributed by atoms with Crippen LogP contribution in [0.1, 0.15) is 49.7 Å². The molecule has 1 aliphatic heterocycles. The van der Waals surface area contributed by atoms with Crippen LogP contribution in [-0.2, 0) is 14.6 Å². The van der Waals surface area contributed by atoms with E-state index in [-0.39, 0.29) is 11.9 Å². The van der Waals surface area contributed by atoms with Gasteiger partial charge in [-0.3, -0.25) is 0 Å². The Morgan fingerprint density at radius 2 is 2.00 bits per heavy atom. The number of nitrogens with one attached hydrogen (secondary N) is 1. The number of aliphatic imine (C=N–C) groups is 1. The number of aromatic nitrogens is 3. The standard InChI is InChI=1S/C26H33N7O4/c1-16-13-22(30-33-15-17(2)28-24(16)33)23(27)29-20-8-7-19(14-21(20)31-37-35-6)18-9-11-32(12-10-18)25(34)36-26(3,4)5/h7-9,13-15,31H,10-12H2,1-6H3,(H2,27,29). The van der Waals surface area contributed by atoms with Gasteiger partial charge in [0.15, 0.2) is 11.5 Å². The predicted molar refractivity (Wildman–Crippen MR) is 141 cm³/mol. The molecule has 1 amide bonds. The molecule has 0 radical (unpaired) electrons. The van der Waals surface area contributed by atoms with Crippen molar-refractivity contribution in [2.24, 2.45) is 10.7 Å². The smallest absolute Gasteiger partial charge is 0.410 e. The van der Waals surface area contributed by atoms with Gasteiger partial charge in [-0.15, -0.1) is 4.99 Å². The van der Waals surface area contributed by atoms with Gasteiger partial charge in [-0.2, -0.15) is 5.10 Å². The van der Waals surface area contributed by atoms with Crippen LogP contribution >= 0.6 is 0 Å². The highest BCUT2D eigenvalue weighted by Crippen LogP contribution is 2.32. The molecule has 0 saturated carbocycles. The molecule has 3 aromatic rings. The summed E-state index contributed by atoms with van der Waals surface area (Å²) in [6.07, 6.45) is 4.24. The van der Waals surface area contributed by atoms with E-state index >= 15 is 0 Å². The summed E-state index contributed by atoms with van der Waals surface area (Å²) >= 11 is 0. The summed E-state index contributed by atoms with van der Waals surface area (Å²) in [5, 5.41) is 4.55. The molecule has 0 fully saturated rings. The zero-order valence-electron chi connectivity index (χ0n) is 22.0. The minimum absolute atomic E-state index is 0.245. The van der Waals surface area contributed by atoms with Crippen molar-refractivity contribution in [1.82, 2.24) is 19.5 Å². The number of nitrogens with two attached hydrogens (primary N) is 1. The highest BCUT2D eigenvalue weighted by atomic mass is 17.3. The molecule has 2 aromatic heterocycles. The Labute approximate surface area is 215 Å². The average Bonchev–Trinajstić information content (AvgIpc) is 3.23. The van der Waals surface area contributed by atoms with Crippen LogP contribution in [0.4, 0.5) is 16.2 Å². The topological polar surface area (TPSA) is 129 Å². The molecule has 11 heteroatoms. The van der Waals surface area contributed by atoms with Crippen molar-refractivity contribution in [2.75, 3.05) is 25.7 Å². The maximum Gasteiger partial charge on any atom is 0.410 e. The minimum atomic E-state index is -0.529. The number of hydrogen-bond donors (Lipinski definition) is 2. The van der Waals surface area contributed by atoms with E-state index in [1.807, 2.05) is 71.2 Å². The van der Waals surface area contributed by atoms with Crippen molar-refractivity contribution in [2.45, 2.75) is 46.6 Å². The maximum absolute atomic E-state index is 12.4. The number of carbonyl (C=O) groups excluding carboxylic acids is 1. The van der Waals surface area contributed by atoms with Crippen LogP contribution < -0.4 is 11.2 Å². The van der Waals surface area contributed by atoms with Gasteiger partial charge in [0.2, 0.25) is 0 Å². The van der Waals surface area contributed by atoms with Crippen molar-refractivity contribution >= 4 is 34.5 Å². The van der Waals surface area contributed by atoms with Crippen molar-refractivity contribution in [3.63, 3.8) is 0 Å². The summed E-state index contributed by atoms with van der Waals surface area (Å²) in [6.45, 7) is 10.5. The molecule has 0 unspecified atom stereocenters. The van der Waals surface area contributed by atoms with Gasteiger partial charge in [0.05, 0.1) is 30.4 Å². The van der Waals surface area contributed by atoms with Crippen LogP contribution in [-0.4, -0.2) is 57.2 Å². The molecular weight excluding hydrogens is 474 g/mol. The first-order valence-electron chi connectivity index (χ1n) is 12.0. The summed E-state index contributed by atoms with van der Waals surface area (Å²) in [6, 6.07) is 7.57. The highest BCUT2D eigenvalue weighted by Gasteiger charge is 2.24. The van der Waals surface area contributed by atoms with Gasteiger partial charge in [-0.1, -0.05) is 12.1 Å². The number of benzene rings is 1. The molecule has 0 bridgehead atoms. The fourth-order valence-electron chi connectivity index (χ4n) is 3.98. The number of hydrogen-bond acceptors (Lipinski definition) is 8. The Bertz CT molecular complexity index is 1370. The number of ether oxygens (including phenoxy) is 1. The molecule has 3 N–H and O–H groups in total. The number of fused-ring (bicyclic) bond motifs is 1. The molecule has 0 spiro atoms. The van der Waals surface area contributed by atoms with Crippen molar-refractivity contribution in [1.29, 1.82) is 0 Å². The normalized spacial score (nSPS) is 14.6. The van der Waals surface area contributed by atoms with E-state index in [1.165, 1.54) is 7.11 Å². The first kappa shape index (κ1) is 26.1. The summed E-state index contributed by atoms with van der Waals surface area (Å²) in [5.74, 6) is 0.245. The number of nitrogens with zero attached hydrogens (tertiary/aromatic N) is 5. The van der Waals surface area contributed by atoms with Gasteiger partial charge in [-0.05, 0) is 75.9 Å². The summed E-state index contributed by atoms with van der Waals surface area (Å²) < 4.78 is 7.19. The van der Waals surface area contributed by atoms with E-state index in [4.69, 9.17) is 20.3 Å². The lowest BCUT2D eigenvalue weighted by Gasteiger charge is -2.29. The van der Waals surface area contributed by atoms with E-state index in [2.05, 4.69) is 20.6 Å². The molecule has 1 aromatic carbocycles. The van der Waals surface area contributed by atoms with Gasteiger partial charge in [0, 0.05) is 13.1 Å². The monoisotopic (exact) mass is 507 g/mol. The molecule has 3 heterocycles. The number of anilines is 1. The second kappa shape index (κ2) is 10.6. The average molecular weight is 508 g/mol. The second-order valence-electron chi connectivity index (χ2n) is 9.85. The fourth-order valence-corrected chi connectivity index (χ4v) is 3.98. The molecule has 4 rings (SSSR count). The Hall–Kier alpha value is -3.96. The Balaban J connectivity index is 1.59. The van der Waals surface area contributed by atoms with Crippen LogP contribution in [0.25, 0.3) is 11.2 Å². The third kappa shape index (κ3) is 6.25. The van der Waals surface area contributed by atoms with E-state index < -0.39 is 5.60 Å². The van der Waals surface area contributed by atoms with E-state index in [1.54, 1.807) is 9.42 Å². The van der Waals surface area contributed by atoms with Crippen molar-refractivity contribution in [3.05, 3.63) is 59.1 Å². The number of amides is 1. The molecular formula is C26H33N7O4. The third-order valence-electron chi connectivity index (χ3n) is 5.70. The molecule has 0 atom stereocenters. The van der Waals surface area contributed by atoms with Crippen LogP contribution in [0.3, 0.4) is 0 Å². The summed E-state index contributed by atoms with van der Waals surface area (Å²) in [4.78, 5) is 32.9.